The number of amides is 2. The quantitative estimate of drug-likeness (QED) is 0.726. The number of nitrogens with one attached hydrogen (secondary N) is 2. The zero-order chi connectivity index (χ0) is 18.9. The lowest BCUT2D eigenvalue weighted by atomic mass is 10.2. The lowest BCUT2D eigenvalue weighted by molar-refractivity contribution is -0.123. The Bertz CT molecular complexity index is 829. The molecule has 0 fully saturated rings. The van der Waals surface area contributed by atoms with Gasteiger partial charge in [-0.25, -0.2) is 0 Å². The van der Waals surface area contributed by atoms with Gasteiger partial charge in [-0.15, -0.1) is 0 Å². The number of nitriles is 1. The highest BCUT2D eigenvalue weighted by Crippen LogP contribution is 2.20. The number of rotatable bonds is 7. The fourth-order valence-electron chi connectivity index (χ4n) is 2.08. The van der Waals surface area contributed by atoms with Gasteiger partial charge in [0.15, 0.2) is 6.61 Å². The summed E-state index contributed by atoms with van der Waals surface area (Å²) in [6.45, 7) is 1.97. The van der Waals surface area contributed by atoms with Crippen LogP contribution in [0.1, 0.15) is 17.5 Å². The van der Waals surface area contributed by atoms with E-state index in [0.29, 0.717) is 11.3 Å². The largest absolute Gasteiger partial charge is 0.484 e. The van der Waals surface area contributed by atoms with Gasteiger partial charge in [-0.05, 0) is 48.9 Å². The summed E-state index contributed by atoms with van der Waals surface area (Å²) in [5.74, 6) is 0.00216. The fourth-order valence-corrected chi connectivity index (χ4v) is 2.44. The highest BCUT2D eigenvalue weighted by Gasteiger charge is 2.07. The summed E-state index contributed by atoms with van der Waals surface area (Å²) >= 11 is 3.36. The fraction of sp³-hybridized carbons (Fsp3) is 0.211. The van der Waals surface area contributed by atoms with Gasteiger partial charge in [-0.2, -0.15) is 5.26 Å². The van der Waals surface area contributed by atoms with Gasteiger partial charge in [0, 0.05) is 23.1 Å². The summed E-state index contributed by atoms with van der Waals surface area (Å²) < 4.78 is 6.20. The Hall–Kier alpha value is -2.85. The van der Waals surface area contributed by atoms with Crippen molar-refractivity contribution in [2.45, 2.75) is 13.3 Å². The SMILES string of the molecule is Cc1ccc(Br)cc1NC(=O)CCNC(=O)COc1ccc(C#N)cc1. The molecule has 2 N–H and O–H groups in total. The maximum Gasteiger partial charge on any atom is 0.257 e. The second-order valence-electron chi connectivity index (χ2n) is 5.53. The van der Waals surface area contributed by atoms with Crippen molar-refractivity contribution in [1.82, 2.24) is 5.32 Å². The van der Waals surface area contributed by atoms with Crippen molar-refractivity contribution < 1.29 is 14.3 Å². The minimum Gasteiger partial charge on any atom is -0.484 e. The summed E-state index contributed by atoms with van der Waals surface area (Å²) in [6, 6.07) is 14.1. The molecule has 0 aliphatic carbocycles. The van der Waals surface area contributed by atoms with E-state index in [0.717, 1.165) is 15.7 Å². The van der Waals surface area contributed by atoms with Crippen LogP contribution < -0.4 is 15.4 Å². The predicted octanol–water partition coefficient (Wildman–Crippen LogP) is 3.15. The van der Waals surface area contributed by atoms with E-state index in [1.165, 1.54) is 0 Å². The lowest BCUT2D eigenvalue weighted by Crippen LogP contribution is -2.31. The summed E-state index contributed by atoms with van der Waals surface area (Å²) in [4.78, 5) is 23.7. The van der Waals surface area contributed by atoms with Crippen molar-refractivity contribution in [3.05, 3.63) is 58.1 Å². The van der Waals surface area contributed by atoms with Gasteiger partial charge >= 0.3 is 0 Å². The molecular formula is C19H18BrN3O3. The van der Waals surface area contributed by atoms with Crippen LogP contribution in [0.2, 0.25) is 0 Å². The second-order valence-corrected chi connectivity index (χ2v) is 6.45. The molecule has 0 spiro atoms. The molecule has 0 unspecified atom stereocenters. The predicted molar refractivity (Wildman–Crippen MR) is 102 cm³/mol. The van der Waals surface area contributed by atoms with Crippen LogP contribution in [-0.4, -0.2) is 25.0 Å². The first-order valence-corrected chi connectivity index (χ1v) is 8.73. The zero-order valence-electron chi connectivity index (χ0n) is 14.2. The van der Waals surface area contributed by atoms with Crippen LogP contribution in [0.25, 0.3) is 0 Å². The maximum absolute atomic E-state index is 12.0. The number of halogens is 1. The van der Waals surface area contributed by atoms with E-state index in [-0.39, 0.29) is 31.4 Å². The number of anilines is 1. The van der Waals surface area contributed by atoms with Crippen LogP contribution in [0.4, 0.5) is 5.69 Å². The molecule has 0 aliphatic rings. The average Bonchev–Trinajstić information content (AvgIpc) is 2.63. The molecule has 0 atom stereocenters. The molecule has 2 aromatic rings. The molecular weight excluding hydrogens is 398 g/mol. The van der Waals surface area contributed by atoms with Crippen molar-refractivity contribution >= 4 is 33.4 Å². The van der Waals surface area contributed by atoms with E-state index >= 15 is 0 Å². The van der Waals surface area contributed by atoms with Crippen molar-refractivity contribution in [3.63, 3.8) is 0 Å². The summed E-state index contributed by atoms with van der Waals surface area (Å²) in [7, 11) is 0. The van der Waals surface area contributed by atoms with Gasteiger partial charge in [-0.1, -0.05) is 22.0 Å². The van der Waals surface area contributed by atoms with E-state index in [1.807, 2.05) is 31.2 Å². The molecule has 0 aliphatic heterocycles. The van der Waals surface area contributed by atoms with E-state index in [2.05, 4.69) is 26.6 Å². The van der Waals surface area contributed by atoms with Gasteiger partial charge in [0.2, 0.25) is 5.91 Å². The third kappa shape index (κ3) is 6.22. The molecule has 0 heterocycles. The first kappa shape index (κ1) is 19.5. The van der Waals surface area contributed by atoms with Crippen LogP contribution in [0.5, 0.6) is 5.75 Å². The Morgan fingerprint density at radius 1 is 1.15 bits per heavy atom. The lowest BCUT2D eigenvalue weighted by Gasteiger charge is -2.10. The van der Waals surface area contributed by atoms with Crippen LogP contribution in [0.15, 0.2) is 46.9 Å². The number of ether oxygens (including phenoxy) is 1. The molecule has 0 bridgehead atoms. The first-order valence-electron chi connectivity index (χ1n) is 7.93. The minimum absolute atomic E-state index is 0.155. The molecule has 134 valence electrons. The smallest absolute Gasteiger partial charge is 0.257 e. The molecule has 2 amide bonds. The van der Waals surface area contributed by atoms with Crippen molar-refractivity contribution in [3.8, 4) is 11.8 Å². The Kier molecular flexibility index (Phi) is 7.18. The number of benzene rings is 2. The van der Waals surface area contributed by atoms with Crippen molar-refractivity contribution in [2.75, 3.05) is 18.5 Å². The standard InChI is InChI=1S/C19H18BrN3O3/c1-13-2-5-15(20)10-17(13)23-18(24)8-9-22-19(25)12-26-16-6-3-14(11-21)4-7-16/h2-7,10H,8-9,12H2,1H3,(H,22,25)(H,23,24). The first-order chi connectivity index (χ1) is 12.5. The summed E-state index contributed by atoms with van der Waals surface area (Å²) in [6.07, 6.45) is 0.161. The molecule has 2 rings (SSSR count). The Morgan fingerprint density at radius 3 is 2.58 bits per heavy atom. The van der Waals surface area contributed by atoms with Crippen LogP contribution in [0.3, 0.4) is 0 Å². The van der Waals surface area contributed by atoms with Crippen LogP contribution in [0, 0.1) is 18.3 Å². The van der Waals surface area contributed by atoms with Crippen LogP contribution in [-0.2, 0) is 9.59 Å². The van der Waals surface area contributed by atoms with Crippen molar-refractivity contribution in [1.29, 1.82) is 5.26 Å². The highest BCUT2D eigenvalue weighted by molar-refractivity contribution is 9.10. The average molecular weight is 416 g/mol. The highest BCUT2D eigenvalue weighted by atomic mass is 79.9. The van der Waals surface area contributed by atoms with E-state index in [9.17, 15) is 9.59 Å². The number of carbonyl (C=O) groups excluding carboxylic acids is 2. The number of hydrogen-bond donors (Lipinski definition) is 2. The zero-order valence-corrected chi connectivity index (χ0v) is 15.8. The molecule has 0 saturated carbocycles. The second kappa shape index (κ2) is 9.59. The van der Waals surface area contributed by atoms with Gasteiger partial charge in [0.05, 0.1) is 11.6 Å². The molecule has 0 radical (unpaired) electrons. The van der Waals surface area contributed by atoms with Crippen LogP contribution >= 0.6 is 15.9 Å². The van der Waals surface area contributed by atoms with Gasteiger partial charge in [0.1, 0.15) is 5.75 Å². The van der Waals surface area contributed by atoms with E-state index < -0.39 is 0 Å². The molecule has 2 aromatic carbocycles. The van der Waals surface area contributed by atoms with Crippen molar-refractivity contribution in [2.24, 2.45) is 0 Å². The molecule has 7 heteroatoms. The number of aryl methyl sites for hydroxylation is 1. The summed E-state index contributed by atoms with van der Waals surface area (Å²) in [5.41, 5.74) is 2.22. The number of carbonyl (C=O) groups is 2. The third-order valence-corrected chi connectivity index (χ3v) is 3.99. The number of nitrogens with zero attached hydrogens (tertiary/aromatic N) is 1. The van der Waals surface area contributed by atoms with Gasteiger partial charge in [-0.3, -0.25) is 9.59 Å². The van der Waals surface area contributed by atoms with Gasteiger partial charge < -0.3 is 15.4 Å². The van der Waals surface area contributed by atoms with E-state index in [1.54, 1.807) is 24.3 Å². The Labute approximate surface area is 160 Å². The Morgan fingerprint density at radius 2 is 1.88 bits per heavy atom. The third-order valence-electron chi connectivity index (χ3n) is 3.50. The monoisotopic (exact) mass is 415 g/mol. The topological polar surface area (TPSA) is 91.2 Å². The van der Waals surface area contributed by atoms with Gasteiger partial charge in [0.25, 0.3) is 5.91 Å². The molecule has 26 heavy (non-hydrogen) atoms. The molecule has 0 aromatic heterocycles. The van der Waals surface area contributed by atoms with E-state index in [4.69, 9.17) is 10.00 Å². The minimum atomic E-state index is -0.319. The Balaban J connectivity index is 1.69. The summed E-state index contributed by atoms with van der Waals surface area (Å²) in [5, 5.41) is 14.2. The number of hydrogen-bond acceptors (Lipinski definition) is 4. The molecule has 0 saturated heterocycles. The molecule has 6 nitrogen and oxygen atoms in total. The normalized spacial score (nSPS) is 9.88. The maximum atomic E-state index is 12.0.